The fourth-order valence-corrected chi connectivity index (χ4v) is 2.36. The predicted octanol–water partition coefficient (Wildman–Crippen LogP) is 2.50. The first kappa shape index (κ1) is 19.0. The van der Waals surface area contributed by atoms with Gasteiger partial charge < -0.3 is 0 Å². The fraction of sp³-hybridized carbons (Fsp3) is 0.500. The average Bonchev–Trinajstić information content (AvgIpc) is 2.52. The Kier molecular flexibility index (Phi) is 7.62. The van der Waals surface area contributed by atoms with E-state index in [1.807, 2.05) is 26.1 Å². The van der Waals surface area contributed by atoms with Crippen LogP contribution in [0.5, 0.6) is 0 Å². The molecule has 1 atom stereocenters. The van der Waals surface area contributed by atoms with Crippen molar-refractivity contribution in [3.8, 4) is 0 Å². The molecule has 5 heteroatoms. The van der Waals surface area contributed by atoms with Crippen LogP contribution in [0.2, 0.25) is 0 Å². The monoisotopic (exact) mass is 318 g/mol. The van der Waals surface area contributed by atoms with Gasteiger partial charge >= 0.3 is 0 Å². The SMILES string of the molecule is CC(C)c1ccc(C=O)c(CN(C)C(C)CCC(=O)NC=O)c1. The Morgan fingerprint density at radius 3 is 2.52 bits per heavy atom. The lowest BCUT2D eigenvalue weighted by molar-refractivity contribution is -0.125. The average molecular weight is 318 g/mol. The second-order valence-corrected chi connectivity index (χ2v) is 6.22. The summed E-state index contributed by atoms with van der Waals surface area (Å²) in [5.41, 5.74) is 2.90. The minimum Gasteiger partial charge on any atom is -0.299 e. The van der Waals surface area contributed by atoms with Crippen LogP contribution in [0.1, 0.15) is 61.0 Å². The molecular weight excluding hydrogens is 292 g/mol. The van der Waals surface area contributed by atoms with E-state index in [1.54, 1.807) is 0 Å². The number of nitrogens with one attached hydrogen (secondary N) is 1. The van der Waals surface area contributed by atoms with Gasteiger partial charge in [0.2, 0.25) is 12.3 Å². The van der Waals surface area contributed by atoms with E-state index in [0.29, 0.717) is 37.3 Å². The quantitative estimate of drug-likeness (QED) is 0.710. The summed E-state index contributed by atoms with van der Waals surface area (Å²) in [4.78, 5) is 34.9. The molecule has 0 saturated carbocycles. The van der Waals surface area contributed by atoms with Gasteiger partial charge in [0.05, 0.1) is 0 Å². The first-order valence-corrected chi connectivity index (χ1v) is 7.90. The maximum atomic E-state index is 11.3. The van der Waals surface area contributed by atoms with E-state index < -0.39 is 0 Å². The van der Waals surface area contributed by atoms with Crippen LogP contribution in [-0.4, -0.2) is 36.6 Å². The Labute approximate surface area is 138 Å². The summed E-state index contributed by atoms with van der Waals surface area (Å²) in [6, 6.07) is 6.10. The van der Waals surface area contributed by atoms with Crippen LogP contribution >= 0.6 is 0 Å². The fourth-order valence-electron chi connectivity index (χ4n) is 2.36. The van der Waals surface area contributed by atoms with Gasteiger partial charge in [-0.3, -0.25) is 24.6 Å². The third-order valence-electron chi connectivity index (χ3n) is 4.14. The molecule has 0 aliphatic carbocycles. The topological polar surface area (TPSA) is 66.5 Å². The highest BCUT2D eigenvalue weighted by atomic mass is 16.2. The zero-order chi connectivity index (χ0) is 17.4. The van der Waals surface area contributed by atoms with Gasteiger partial charge in [0.25, 0.3) is 0 Å². The van der Waals surface area contributed by atoms with Gasteiger partial charge in [-0.2, -0.15) is 0 Å². The molecule has 1 N–H and O–H groups in total. The molecule has 0 spiro atoms. The molecule has 5 nitrogen and oxygen atoms in total. The normalized spacial score (nSPS) is 12.3. The molecule has 0 fully saturated rings. The van der Waals surface area contributed by atoms with Gasteiger partial charge in [0.15, 0.2) is 0 Å². The van der Waals surface area contributed by atoms with Crippen molar-refractivity contribution in [1.82, 2.24) is 10.2 Å². The highest BCUT2D eigenvalue weighted by Crippen LogP contribution is 2.20. The molecule has 0 saturated heterocycles. The highest BCUT2D eigenvalue weighted by molar-refractivity contribution is 5.85. The number of hydrogen-bond acceptors (Lipinski definition) is 4. The summed E-state index contributed by atoms with van der Waals surface area (Å²) in [7, 11) is 1.97. The molecule has 0 aromatic heterocycles. The Bertz CT molecular complexity index is 555. The molecule has 1 unspecified atom stereocenters. The standard InChI is InChI=1S/C18H26N2O3/c1-13(2)15-6-7-16(11-21)17(9-15)10-20(4)14(3)5-8-18(23)19-12-22/h6-7,9,11-14H,5,8,10H2,1-4H3,(H,19,22,23). The lowest BCUT2D eigenvalue weighted by Crippen LogP contribution is -2.31. The van der Waals surface area contributed by atoms with Gasteiger partial charge in [0.1, 0.15) is 6.29 Å². The van der Waals surface area contributed by atoms with Crippen LogP contribution in [-0.2, 0) is 16.1 Å². The van der Waals surface area contributed by atoms with E-state index in [4.69, 9.17) is 0 Å². The summed E-state index contributed by atoms with van der Waals surface area (Å²) in [5.74, 6) is 0.139. The number of aldehydes is 1. The van der Waals surface area contributed by atoms with Gasteiger partial charge in [-0.15, -0.1) is 0 Å². The van der Waals surface area contributed by atoms with E-state index in [0.717, 1.165) is 11.8 Å². The number of hydrogen-bond donors (Lipinski definition) is 1. The van der Waals surface area contributed by atoms with Crippen molar-refractivity contribution in [2.75, 3.05) is 7.05 Å². The molecule has 0 bridgehead atoms. The molecule has 2 amide bonds. The van der Waals surface area contributed by atoms with Crippen molar-refractivity contribution in [3.63, 3.8) is 0 Å². The molecule has 1 rings (SSSR count). The Morgan fingerprint density at radius 2 is 1.96 bits per heavy atom. The minimum atomic E-state index is -0.268. The minimum absolute atomic E-state index is 0.162. The third-order valence-corrected chi connectivity index (χ3v) is 4.14. The second-order valence-electron chi connectivity index (χ2n) is 6.22. The molecule has 0 aliphatic heterocycles. The smallest absolute Gasteiger partial charge is 0.226 e. The third kappa shape index (κ3) is 5.94. The van der Waals surface area contributed by atoms with Crippen LogP contribution in [0.3, 0.4) is 0 Å². The Balaban J connectivity index is 2.73. The van der Waals surface area contributed by atoms with Gasteiger partial charge in [0, 0.05) is 24.6 Å². The van der Waals surface area contributed by atoms with Crippen LogP contribution in [0.4, 0.5) is 0 Å². The molecule has 0 aliphatic rings. The summed E-state index contributed by atoms with van der Waals surface area (Å²) >= 11 is 0. The number of rotatable bonds is 9. The molecular formula is C18H26N2O3. The largest absolute Gasteiger partial charge is 0.299 e. The number of imide groups is 1. The predicted molar refractivity (Wildman–Crippen MR) is 90.3 cm³/mol. The number of carbonyl (C=O) groups excluding carboxylic acids is 3. The summed E-state index contributed by atoms with van der Waals surface area (Å²) < 4.78 is 0. The van der Waals surface area contributed by atoms with E-state index in [9.17, 15) is 14.4 Å². The van der Waals surface area contributed by atoms with E-state index in [2.05, 4.69) is 30.1 Å². The van der Waals surface area contributed by atoms with Crippen molar-refractivity contribution in [3.05, 3.63) is 34.9 Å². The van der Waals surface area contributed by atoms with Crippen molar-refractivity contribution < 1.29 is 14.4 Å². The van der Waals surface area contributed by atoms with Crippen molar-refractivity contribution in [1.29, 1.82) is 0 Å². The van der Waals surface area contributed by atoms with E-state index in [-0.39, 0.29) is 11.9 Å². The first-order chi connectivity index (χ1) is 10.9. The molecule has 1 aromatic carbocycles. The maximum Gasteiger partial charge on any atom is 0.226 e. The van der Waals surface area contributed by atoms with Gasteiger partial charge in [-0.25, -0.2) is 0 Å². The molecule has 0 heterocycles. The van der Waals surface area contributed by atoms with E-state index in [1.165, 1.54) is 5.56 Å². The molecule has 23 heavy (non-hydrogen) atoms. The van der Waals surface area contributed by atoms with Gasteiger partial charge in [-0.1, -0.05) is 32.0 Å². The van der Waals surface area contributed by atoms with Crippen LogP contribution in [0.15, 0.2) is 18.2 Å². The van der Waals surface area contributed by atoms with Crippen LogP contribution < -0.4 is 5.32 Å². The molecule has 1 aromatic rings. The van der Waals surface area contributed by atoms with Crippen molar-refractivity contribution in [2.24, 2.45) is 0 Å². The van der Waals surface area contributed by atoms with Crippen molar-refractivity contribution >= 4 is 18.6 Å². The van der Waals surface area contributed by atoms with E-state index >= 15 is 0 Å². The summed E-state index contributed by atoms with van der Waals surface area (Å²) in [6.07, 6.45) is 2.24. The molecule has 126 valence electrons. The Morgan fingerprint density at radius 1 is 1.26 bits per heavy atom. The second kappa shape index (κ2) is 9.20. The number of nitrogens with zero attached hydrogens (tertiary/aromatic N) is 1. The summed E-state index contributed by atoms with van der Waals surface area (Å²) in [5, 5.41) is 2.14. The van der Waals surface area contributed by atoms with Crippen LogP contribution in [0, 0.1) is 0 Å². The highest BCUT2D eigenvalue weighted by Gasteiger charge is 2.14. The lowest BCUT2D eigenvalue weighted by atomic mass is 9.97. The number of benzene rings is 1. The van der Waals surface area contributed by atoms with Gasteiger partial charge in [-0.05, 0) is 37.4 Å². The van der Waals surface area contributed by atoms with Crippen LogP contribution in [0.25, 0.3) is 0 Å². The summed E-state index contributed by atoms with van der Waals surface area (Å²) in [6.45, 7) is 6.92. The zero-order valence-corrected chi connectivity index (χ0v) is 14.3. The molecule has 0 radical (unpaired) electrons. The number of amides is 2. The Hall–Kier alpha value is -2.01. The maximum absolute atomic E-state index is 11.3. The first-order valence-electron chi connectivity index (χ1n) is 7.90. The van der Waals surface area contributed by atoms with Crippen molar-refractivity contribution in [2.45, 2.75) is 52.1 Å². The zero-order valence-electron chi connectivity index (χ0n) is 14.3. The lowest BCUT2D eigenvalue weighted by Gasteiger charge is -2.25. The number of carbonyl (C=O) groups is 3.